The first-order chi connectivity index (χ1) is 22.6. The van der Waals surface area contributed by atoms with E-state index in [2.05, 4.69) is 39.5 Å². The van der Waals surface area contributed by atoms with Crippen LogP contribution in [0.25, 0.3) is 0 Å². The van der Waals surface area contributed by atoms with Gasteiger partial charge in [0, 0.05) is 6.54 Å². The molecule has 5 aliphatic carbocycles. The number of likely N-dealkylation sites (tertiary alicyclic amines) is 1. The molecule has 8 aliphatic rings. The summed E-state index contributed by atoms with van der Waals surface area (Å²) in [5.41, 5.74) is 0.184. The number of amides is 1. The third-order valence-electron chi connectivity index (χ3n) is 17.0. The van der Waals surface area contributed by atoms with Gasteiger partial charge < -0.3 is 29.3 Å². The Morgan fingerprint density at radius 2 is 1.69 bits per heavy atom. The summed E-state index contributed by atoms with van der Waals surface area (Å²) in [4.78, 5) is 17.4. The van der Waals surface area contributed by atoms with Crippen LogP contribution >= 0.6 is 0 Å². The van der Waals surface area contributed by atoms with Gasteiger partial charge >= 0.3 is 0 Å². The molecule has 8 heteroatoms. The molecule has 5 saturated carbocycles. The van der Waals surface area contributed by atoms with Crippen molar-refractivity contribution < 1.29 is 29.2 Å². The minimum absolute atomic E-state index is 0.0569. The molecule has 48 heavy (non-hydrogen) atoms. The maximum Gasteiger partial charge on any atom is 0.237 e. The Balaban J connectivity index is 0.967. The lowest BCUT2D eigenvalue weighted by Crippen LogP contribution is -2.59. The van der Waals surface area contributed by atoms with Gasteiger partial charge in [0.15, 0.2) is 6.29 Å². The molecule has 8 rings (SSSR count). The van der Waals surface area contributed by atoms with E-state index >= 15 is 0 Å². The number of ether oxygens (including phenoxy) is 3. The van der Waals surface area contributed by atoms with Crippen molar-refractivity contribution in [3.63, 3.8) is 0 Å². The van der Waals surface area contributed by atoms with Crippen LogP contribution in [-0.4, -0.2) is 102 Å². The summed E-state index contributed by atoms with van der Waals surface area (Å²) in [5.74, 6) is 2.56. The summed E-state index contributed by atoms with van der Waals surface area (Å²) >= 11 is 0. The van der Waals surface area contributed by atoms with E-state index in [0.717, 1.165) is 32.4 Å². The highest BCUT2D eigenvalue weighted by molar-refractivity contribution is 5.78. The van der Waals surface area contributed by atoms with Gasteiger partial charge in [0.2, 0.25) is 5.91 Å². The van der Waals surface area contributed by atoms with Crippen molar-refractivity contribution in [1.29, 1.82) is 0 Å². The van der Waals surface area contributed by atoms with Crippen molar-refractivity contribution in [3.05, 3.63) is 0 Å². The van der Waals surface area contributed by atoms with E-state index in [0.29, 0.717) is 60.7 Å². The van der Waals surface area contributed by atoms with E-state index in [1.807, 2.05) is 4.90 Å². The summed E-state index contributed by atoms with van der Waals surface area (Å²) in [6, 6.07) is 0. The fraction of sp³-hybridized carbons (Fsp3) is 0.975. The molecule has 1 amide bonds. The lowest BCUT2D eigenvalue weighted by Gasteiger charge is -2.63. The first-order valence-electron chi connectivity index (χ1n) is 19.9. The largest absolute Gasteiger partial charge is 0.388 e. The molecule has 0 aromatic carbocycles. The fourth-order valence-electron chi connectivity index (χ4n) is 14.6. The number of hydrogen-bond donors (Lipinski definition) is 2. The highest BCUT2D eigenvalue weighted by atomic mass is 16.7. The molecule has 8 nitrogen and oxygen atoms in total. The van der Waals surface area contributed by atoms with Crippen molar-refractivity contribution in [3.8, 4) is 0 Å². The standard InChI is InChI=1S/C40H66N2O6/c1-25-20-26(34(44)36(4,5)45)47-27-21-38(7)29-11-10-28-35(2,3)30(12-13-39(28)24-40(29,39)15-14-37(38,6)33(25)27)48-32-23-42(18-19-46-32)31(43)22-41-16-8-9-17-41/h25-30,32-34,44-45H,8-24H2,1-7H3/t25-,26?,27?,28?,29+,30+,32?,33?,34+,37-,38+,39?,40+/m1/s1. The Labute approximate surface area is 290 Å². The number of fused-ring (bicyclic) bond motifs is 4. The zero-order valence-corrected chi connectivity index (χ0v) is 31.1. The lowest BCUT2D eigenvalue weighted by molar-refractivity contribution is -0.246. The van der Waals surface area contributed by atoms with Gasteiger partial charge in [0.05, 0.1) is 43.6 Å². The van der Waals surface area contributed by atoms with Gasteiger partial charge in [-0.2, -0.15) is 0 Å². The number of carbonyl (C=O) groups is 1. The first-order valence-corrected chi connectivity index (χ1v) is 19.9. The maximum atomic E-state index is 13.1. The number of rotatable bonds is 6. The van der Waals surface area contributed by atoms with E-state index < -0.39 is 11.7 Å². The van der Waals surface area contributed by atoms with Gasteiger partial charge in [0.1, 0.15) is 6.10 Å². The molecule has 3 aliphatic heterocycles. The molecule has 0 aromatic rings. The normalized spacial score (nSPS) is 50.5. The summed E-state index contributed by atoms with van der Waals surface area (Å²) in [5, 5.41) is 21.7. The summed E-state index contributed by atoms with van der Waals surface area (Å²) < 4.78 is 19.9. The molecule has 0 radical (unpaired) electrons. The Bertz CT molecular complexity index is 1260. The molecule has 0 aromatic heterocycles. The summed E-state index contributed by atoms with van der Waals surface area (Å²) in [6.45, 7) is 20.4. The van der Waals surface area contributed by atoms with E-state index in [-0.39, 0.29) is 46.8 Å². The molecule has 13 atom stereocenters. The predicted molar refractivity (Wildman–Crippen MR) is 184 cm³/mol. The predicted octanol–water partition coefficient (Wildman–Crippen LogP) is 5.63. The third-order valence-corrected chi connectivity index (χ3v) is 17.0. The Morgan fingerprint density at radius 3 is 2.42 bits per heavy atom. The third kappa shape index (κ3) is 4.84. The smallest absolute Gasteiger partial charge is 0.237 e. The van der Waals surface area contributed by atoms with Crippen LogP contribution in [0.1, 0.15) is 119 Å². The van der Waals surface area contributed by atoms with Gasteiger partial charge in [-0.3, -0.25) is 9.69 Å². The average molecular weight is 671 g/mol. The number of morpholine rings is 1. The summed E-state index contributed by atoms with van der Waals surface area (Å²) in [6.07, 6.45) is 12.0. The second kappa shape index (κ2) is 11.4. The van der Waals surface area contributed by atoms with Gasteiger partial charge in [-0.15, -0.1) is 0 Å². The second-order valence-corrected chi connectivity index (χ2v) is 19.9. The van der Waals surface area contributed by atoms with E-state index in [1.54, 1.807) is 13.8 Å². The molecule has 8 fully saturated rings. The van der Waals surface area contributed by atoms with E-state index in [9.17, 15) is 15.0 Å². The molecular formula is C40H66N2O6. The highest BCUT2D eigenvalue weighted by Gasteiger charge is 2.83. The van der Waals surface area contributed by atoms with Crippen LogP contribution in [0.15, 0.2) is 0 Å². The lowest BCUT2D eigenvalue weighted by atomic mass is 9.41. The molecule has 6 unspecified atom stereocenters. The SMILES string of the molecule is C[C@@H]1CC([C@H](O)C(C)(C)O)OC2C[C@@]3(C)[C@@H]4CCC5C(C)(C)[C@@H](OC6CN(C(=O)CN7CCCC7)CCO6)CCC56C[C@@]46CC[C@]3(C)C21. The van der Waals surface area contributed by atoms with E-state index in [1.165, 1.54) is 51.4 Å². The van der Waals surface area contributed by atoms with Crippen LogP contribution in [0.2, 0.25) is 0 Å². The van der Waals surface area contributed by atoms with Crippen LogP contribution in [0.5, 0.6) is 0 Å². The van der Waals surface area contributed by atoms with Gasteiger partial charge in [0.25, 0.3) is 0 Å². The minimum Gasteiger partial charge on any atom is -0.388 e. The maximum absolute atomic E-state index is 13.1. The molecule has 3 heterocycles. The van der Waals surface area contributed by atoms with Crippen molar-refractivity contribution in [1.82, 2.24) is 9.80 Å². The topological polar surface area (TPSA) is 91.7 Å². The van der Waals surface area contributed by atoms with Crippen LogP contribution in [-0.2, 0) is 19.0 Å². The fourth-order valence-corrected chi connectivity index (χ4v) is 14.6. The zero-order chi connectivity index (χ0) is 34.1. The number of hydrogen-bond acceptors (Lipinski definition) is 7. The number of aliphatic hydroxyl groups excluding tert-OH is 1. The first kappa shape index (κ1) is 34.3. The highest BCUT2D eigenvalue weighted by Crippen LogP contribution is 2.89. The molecule has 2 spiro atoms. The summed E-state index contributed by atoms with van der Waals surface area (Å²) in [7, 11) is 0. The van der Waals surface area contributed by atoms with E-state index in [4.69, 9.17) is 14.2 Å². The molecule has 272 valence electrons. The van der Waals surface area contributed by atoms with Crippen molar-refractivity contribution >= 4 is 5.91 Å². The van der Waals surface area contributed by atoms with Crippen LogP contribution in [0.4, 0.5) is 0 Å². The number of nitrogens with zero attached hydrogens (tertiary/aromatic N) is 2. The van der Waals surface area contributed by atoms with Crippen LogP contribution in [0.3, 0.4) is 0 Å². The monoisotopic (exact) mass is 670 g/mol. The van der Waals surface area contributed by atoms with Gasteiger partial charge in [-0.05, 0) is 148 Å². The Morgan fingerprint density at radius 1 is 0.979 bits per heavy atom. The average Bonchev–Trinajstić information content (AvgIpc) is 3.25. The van der Waals surface area contributed by atoms with Crippen LogP contribution < -0.4 is 0 Å². The van der Waals surface area contributed by atoms with Crippen LogP contribution in [0, 0.1) is 50.7 Å². The Kier molecular flexibility index (Phi) is 8.13. The van der Waals surface area contributed by atoms with Crippen molar-refractivity contribution in [2.24, 2.45) is 50.7 Å². The van der Waals surface area contributed by atoms with Gasteiger partial charge in [-0.1, -0.05) is 34.6 Å². The molecule has 2 N–H and O–H groups in total. The minimum atomic E-state index is -1.16. The van der Waals surface area contributed by atoms with Gasteiger partial charge in [-0.25, -0.2) is 0 Å². The molecule has 0 bridgehead atoms. The Hall–Kier alpha value is -0.770. The van der Waals surface area contributed by atoms with Crippen molar-refractivity contribution in [2.75, 3.05) is 39.3 Å². The molecule has 3 saturated heterocycles. The zero-order valence-electron chi connectivity index (χ0n) is 31.1. The quantitative estimate of drug-likeness (QED) is 0.379. The second-order valence-electron chi connectivity index (χ2n) is 19.9. The number of carbonyl (C=O) groups excluding carboxylic acids is 1. The van der Waals surface area contributed by atoms with Crippen molar-refractivity contribution in [2.45, 2.75) is 155 Å². The molecular weight excluding hydrogens is 604 g/mol. The number of aliphatic hydroxyl groups is 2.